The van der Waals surface area contributed by atoms with Crippen molar-refractivity contribution in [2.45, 2.75) is 25.2 Å². The normalized spacial score (nSPS) is 11.3. The fourth-order valence-electron chi connectivity index (χ4n) is 2.80. The summed E-state index contributed by atoms with van der Waals surface area (Å²) in [5.74, 6) is 1.16. The van der Waals surface area contributed by atoms with Gasteiger partial charge in [0.1, 0.15) is 12.4 Å². The quantitative estimate of drug-likeness (QED) is 0.618. The van der Waals surface area contributed by atoms with Gasteiger partial charge in [-0.25, -0.2) is 4.79 Å². The van der Waals surface area contributed by atoms with E-state index >= 15 is 0 Å². The Balaban J connectivity index is 0.00000338. The third-order valence-electron chi connectivity index (χ3n) is 4.00. The van der Waals surface area contributed by atoms with E-state index < -0.39 is 6.09 Å². The van der Waals surface area contributed by atoms with Crippen LogP contribution in [0.2, 0.25) is 0 Å². The lowest BCUT2D eigenvalue weighted by atomic mass is 9.88. The van der Waals surface area contributed by atoms with Crippen molar-refractivity contribution in [3.63, 3.8) is 0 Å². The number of halogens is 1. The first-order valence-corrected chi connectivity index (χ1v) is 8.58. The molecule has 0 bridgehead atoms. The standard InChI is InChI=1S/C20H26N2O3.ClH/c21-12-14-24-19-10-8-17(9-11-19)18(7-4-13-25-20(22)23)15-16-5-2-1-3-6-16;/h1-3,5-6,8-11,18H,4,7,12-15,21H2,(H2,22,23);1H. The van der Waals surface area contributed by atoms with Gasteiger partial charge in [-0.3, -0.25) is 0 Å². The number of rotatable bonds is 10. The van der Waals surface area contributed by atoms with E-state index in [1.165, 1.54) is 11.1 Å². The molecule has 0 aromatic heterocycles. The van der Waals surface area contributed by atoms with Crippen molar-refractivity contribution in [3.05, 3.63) is 65.7 Å². The second-order valence-corrected chi connectivity index (χ2v) is 5.90. The summed E-state index contributed by atoms with van der Waals surface area (Å²) in [6.45, 7) is 1.35. The second kappa shape index (κ2) is 12.2. The molecule has 5 nitrogen and oxygen atoms in total. The molecule has 2 rings (SSSR count). The molecular weight excluding hydrogens is 352 g/mol. The van der Waals surface area contributed by atoms with Crippen LogP contribution in [0.5, 0.6) is 5.75 Å². The molecule has 0 aliphatic heterocycles. The average molecular weight is 379 g/mol. The highest BCUT2D eigenvalue weighted by molar-refractivity contribution is 5.85. The van der Waals surface area contributed by atoms with Crippen LogP contribution in [0.3, 0.4) is 0 Å². The Morgan fingerprint density at radius 1 is 1.00 bits per heavy atom. The maximum Gasteiger partial charge on any atom is 0.404 e. The van der Waals surface area contributed by atoms with Crippen LogP contribution < -0.4 is 16.2 Å². The number of primary amides is 1. The van der Waals surface area contributed by atoms with Gasteiger partial charge in [0.2, 0.25) is 0 Å². The van der Waals surface area contributed by atoms with Gasteiger partial charge in [-0.2, -0.15) is 0 Å². The van der Waals surface area contributed by atoms with Crippen molar-refractivity contribution in [3.8, 4) is 5.75 Å². The van der Waals surface area contributed by atoms with Crippen LogP contribution in [0.1, 0.15) is 29.9 Å². The molecule has 0 saturated carbocycles. The number of carbonyl (C=O) groups excluding carboxylic acids is 1. The molecule has 1 atom stereocenters. The zero-order valence-electron chi connectivity index (χ0n) is 14.8. The number of hydrogen-bond acceptors (Lipinski definition) is 4. The highest BCUT2D eigenvalue weighted by Gasteiger charge is 2.13. The zero-order valence-corrected chi connectivity index (χ0v) is 15.6. The number of hydrogen-bond donors (Lipinski definition) is 2. The molecule has 2 aromatic carbocycles. The minimum absolute atomic E-state index is 0. The van der Waals surface area contributed by atoms with Crippen LogP contribution in [0.4, 0.5) is 4.79 Å². The summed E-state index contributed by atoms with van der Waals surface area (Å²) in [5.41, 5.74) is 13.0. The highest BCUT2D eigenvalue weighted by atomic mass is 35.5. The van der Waals surface area contributed by atoms with E-state index in [1.807, 2.05) is 30.3 Å². The molecule has 0 saturated heterocycles. The molecule has 2 aromatic rings. The molecule has 0 aliphatic carbocycles. The lowest BCUT2D eigenvalue weighted by molar-refractivity contribution is 0.153. The number of benzene rings is 2. The molecule has 4 N–H and O–H groups in total. The van der Waals surface area contributed by atoms with E-state index in [9.17, 15) is 4.79 Å². The summed E-state index contributed by atoms with van der Waals surface area (Å²) in [6, 6.07) is 18.5. The molecule has 0 fully saturated rings. The predicted molar refractivity (Wildman–Crippen MR) is 106 cm³/mol. The maximum absolute atomic E-state index is 10.7. The summed E-state index contributed by atoms with van der Waals surface area (Å²) in [7, 11) is 0. The molecule has 1 unspecified atom stereocenters. The topological polar surface area (TPSA) is 87.6 Å². The molecule has 26 heavy (non-hydrogen) atoms. The first kappa shape index (κ1) is 21.8. The minimum atomic E-state index is -0.721. The van der Waals surface area contributed by atoms with Gasteiger partial charge in [0.05, 0.1) is 6.61 Å². The smallest absolute Gasteiger partial charge is 0.404 e. The summed E-state index contributed by atoms with van der Waals surface area (Å²) in [5, 5.41) is 0. The van der Waals surface area contributed by atoms with Crippen LogP contribution in [0.25, 0.3) is 0 Å². The second-order valence-electron chi connectivity index (χ2n) is 5.90. The van der Waals surface area contributed by atoms with Gasteiger partial charge in [0.25, 0.3) is 0 Å². The van der Waals surface area contributed by atoms with Gasteiger partial charge < -0.3 is 20.9 Å². The van der Waals surface area contributed by atoms with Gasteiger partial charge in [-0.15, -0.1) is 12.4 Å². The maximum atomic E-state index is 10.7. The Labute approximate surface area is 161 Å². The van der Waals surface area contributed by atoms with Crippen molar-refractivity contribution in [1.29, 1.82) is 0 Å². The van der Waals surface area contributed by atoms with Crippen LogP contribution >= 0.6 is 12.4 Å². The summed E-state index contributed by atoms with van der Waals surface area (Å²) in [6.07, 6.45) is 1.89. The number of nitrogens with two attached hydrogens (primary N) is 2. The van der Waals surface area contributed by atoms with E-state index in [0.29, 0.717) is 25.7 Å². The molecule has 0 spiro atoms. The third kappa shape index (κ3) is 7.76. The Hall–Kier alpha value is -2.24. The van der Waals surface area contributed by atoms with E-state index in [2.05, 4.69) is 24.3 Å². The first-order chi connectivity index (χ1) is 12.2. The van der Waals surface area contributed by atoms with Crippen molar-refractivity contribution in [2.24, 2.45) is 11.5 Å². The lowest BCUT2D eigenvalue weighted by Crippen LogP contribution is -2.14. The molecule has 6 heteroatoms. The molecule has 0 radical (unpaired) electrons. The van der Waals surface area contributed by atoms with Crippen molar-refractivity contribution < 1.29 is 14.3 Å². The van der Waals surface area contributed by atoms with Crippen LogP contribution in [-0.2, 0) is 11.2 Å². The molecule has 0 heterocycles. The fraction of sp³-hybridized carbons (Fsp3) is 0.350. The third-order valence-corrected chi connectivity index (χ3v) is 4.00. The number of ether oxygens (including phenoxy) is 2. The fourth-order valence-corrected chi connectivity index (χ4v) is 2.80. The monoisotopic (exact) mass is 378 g/mol. The Bertz CT molecular complexity index is 635. The van der Waals surface area contributed by atoms with Crippen LogP contribution in [0, 0.1) is 0 Å². The number of carbonyl (C=O) groups is 1. The van der Waals surface area contributed by atoms with Crippen LogP contribution in [-0.4, -0.2) is 25.9 Å². The summed E-state index contributed by atoms with van der Waals surface area (Å²) in [4.78, 5) is 10.7. The average Bonchev–Trinajstić information content (AvgIpc) is 2.63. The van der Waals surface area contributed by atoms with Crippen LogP contribution in [0.15, 0.2) is 54.6 Å². The van der Waals surface area contributed by atoms with Gasteiger partial charge >= 0.3 is 6.09 Å². The molecule has 1 amide bonds. The highest BCUT2D eigenvalue weighted by Crippen LogP contribution is 2.27. The van der Waals surface area contributed by atoms with E-state index in [-0.39, 0.29) is 12.4 Å². The lowest BCUT2D eigenvalue weighted by Gasteiger charge is -2.18. The summed E-state index contributed by atoms with van der Waals surface area (Å²) < 4.78 is 10.4. The van der Waals surface area contributed by atoms with Gasteiger partial charge in [-0.1, -0.05) is 42.5 Å². The largest absolute Gasteiger partial charge is 0.492 e. The molecule has 0 aliphatic rings. The van der Waals surface area contributed by atoms with Crippen molar-refractivity contribution >= 4 is 18.5 Å². The Morgan fingerprint density at radius 3 is 2.31 bits per heavy atom. The SMILES string of the molecule is Cl.NCCOc1ccc(C(CCCOC(N)=O)Cc2ccccc2)cc1. The van der Waals surface area contributed by atoms with Gasteiger partial charge in [0.15, 0.2) is 0 Å². The van der Waals surface area contributed by atoms with E-state index in [1.54, 1.807) is 0 Å². The minimum Gasteiger partial charge on any atom is -0.492 e. The number of amides is 1. The van der Waals surface area contributed by atoms with Gasteiger partial charge in [0, 0.05) is 6.54 Å². The molecule has 142 valence electrons. The predicted octanol–water partition coefficient (Wildman–Crippen LogP) is 3.65. The Morgan fingerprint density at radius 2 is 1.69 bits per heavy atom. The molecular formula is C20H27ClN2O3. The first-order valence-electron chi connectivity index (χ1n) is 8.58. The zero-order chi connectivity index (χ0) is 17.9. The van der Waals surface area contributed by atoms with Crippen molar-refractivity contribution in [2.75, 3.05) is 19.8 Å². The van der Waals surface area contributed by atoms with E-state index in [4.69, 9.17) is 20.9 Å². The van der Waals surface area contributed by atoms with Gasteiger partial charge in [-0.05, 0) is 48.4 Å². The van der Waals surface area contributed by atoms with Crippen molar-refractivity contribution in [1.82, 2.24) is 0 Å². The Kier molecular flexibility index (Phi) is 10.2. The van der Waals surface area contributed by atoms with E-state index in [0.717, 1.165) is 25.0 Å². The summed E-state index contributed by atoms with van der Waals surface area (Å²) >= 11 is 0.